The summed E-state index contributed by atoms with van der Waals surface area (Å²) in [6.45, 7) is 0. The second kappa shape index (κ2) is 7.25. The van der Waals surface area contributed by atoms with Gasteiger partial charge in [-0.2, -0.15) is 0 Å². The van der Waals surface area contributed by atoms with Crippen molar-refractivity contribution in [3.05, 3.63) is 82.2 Å². The Hall–Kier alpha value is -3.38. The molecular weight excluding hydrogens is 356 g/mol. The van der Waals surface area contributed by atoms with Gasteiger partial charge in [0.1, 0.15) is 5.75 Å². The number of rotatable bonds is 4. The van der Waals surface area contributed by atoms with Crippen LogP contribution in [-0.2, 0) is 0 Å². The van der Waals surface area contributed by atoms with Crippen LogP contribution in [0.3, 0.4) is 0 Å². The number of hydrogen-bond donors (Lipinski definition) is 3. The third kappa shape index (κ3) is 3.50. The summed E-state index contributed by atoms with van der Waals surface area (Å²) in [6.07, 6.45) is 0. The number of benzene rings is 3. The van der Waals surface area contributed by atoms with Gasteiger partial charge in [0.2, 0.25) is 0 Å². The Morgan fingerprint density at radius 2 is 1.73 bits per heavy atom. The van der Waals surface area contributed by atoms with E-state index in [4.69, 9.17) is 16.8 Å². The van der Waals surface area contributed by atoms with E-state index in [-0.39, 0.29) is 32.6 Å². The van der Waals surface area contributed by atoms with Crippen LogP contribution in [0.2, 0.25) is 5.02 Å². The molecule has 0 aliphatic carbocycles. The molecule has 1 amide bonds. The molecular formula is C19H14ClN2O4+. The van der Waals surface area contributed by atoms with Gasteiger partial charge in [-0.25, -0.2) is 5.21 Å². The average Bonchev–Trinajstić information content (AvgIpc) is 2.64. The maximum Gasteiger partial charge on any atom is 0.318 e. The van der Waals surface area contributed by atoms with Gasteiger partial charge in [-0.05, 0) is 17.7 Å². The molecule has 0 saturated carbocycles. The van der Waals surface area contributed by atoms with Crippen molar-refractivity contribution < 1.29 is 20.0 Å². The first-order chi connectivity index (χ1) is 12.5. The molecule has 26 heavy (non-hydrogen) atoms. The molecule has 0 atom stereocenters. The van der Waals surface area contributed by atoms with Crippen LogP contribution >= 0.6 is 11.6 Å². The van der Waals surface area contributed by atoms with Gasteiger partial charge in [-0.3, -0.25) is 4.79 Å². The lowest BCUT2D eigenvalue weighted by Gasteiger charge is -2.11. The number of carbonyl (C=O) groups excluding carboxylic acids is 1. The highest BCUT2D eigenvalue weighted by atomic mass is 35.5. The molecule has 0 fully saturated rings. The number of halogens is 1. The fraction of sp³-hybridized carbons (Fsp3) is 0. The molecule has 0 unspecified atom stereocenters. The SMILES string of the molecule is O=C(Nc1ccc([N+](=O)O)cc1Cl)c1cccc(-c2ccccc2)c1O. The minimum atomic E-state index is -0.557. The maximum atomic E-state index is 12.5. The number of hydrogen-bond acceptors (Lipinski definition) is 3. The Morgan fingerprint density at radius 3 is 2.38 bits per heavy atom. The lowest BCUT2D eigenvalue weighted by Crippen LogP contribution is -2.12. The molecule has 0 aliphatic heterocycles. The third-order valence-electron chi connectivity index (χ3n) is 3.79. The summed E-state index contributed by atoms with van der Waals surface area (Å²) in [7, 11) is 0. The van der Waals surface area contributed by atoms with Crippen LogP contribution in [0.4, 0.5) is 11.4 Å². The highest BCUT2D eigenvalue weighted by Crippen LogP contribution is 2.33. The van der Waals surface area contributed by atoms with E-state index in [9.17, 15) is 14.8 Å². The number of phenolic OH excluding ortho intramolecular Hbond substituents is 1. The van der Waals surface area contributed by atoms with Gasteiger partial charge in [0.15, 0.2) is 0 Å². The van der Waals surface area contributed by atoms with E-state index in [2.05, 4.69) is 5.32 Å². The van der Waals surface area contributed by atoms with Gasteiger partial charge in [-0.1, -0.05) is 54.1 Å². The average molecular weight is 370 g/mol. The van der Waals surface area contributed by atoms with E-state index in [0.717, 1.165) is 5.56 Å². The van der Waals surface area contributed by atoms with Gasteiger partial charge in [0, 0.05) is 17.7 Å². The van der Waals surface area contributed by atoms with Crippen LogP contribution < -0.4 is 5.32 Å². The van der Waals surface area contributed by atoms with E-state index in [1.54, 1.807) is 12.1 Å². The van der Waals surface area contributed by atoms with Crippen LogP contribution in [-0.4, -0.2) is 21.1 Å². The van der Waals surface area contributed by atoms with E-state index >= 15 is 0 Å². The van der Waals surface area contributed by atoms with Gasteiger partial charge in [0.05, 0.1) is 21.2 Å². The quantitative estimate of drug-likeness (QED) is 0.578. The molecule has 130 valence electrons. The number of phenols is 1. The summed E-state index contributed by atoms with van der Waals surface area (Å²) in [5.74, 6) is -0.706. The zero-order valence-corrected chi connectivity index (χ0v) is 14.1. The van der Waals surface area contributed by atoms with Crippen LogP contribution in [0.5, 0.6) is 5.75 Å². The molecule has 0 aromatic heterocycles. The first kappa shape index (κ1) is 17.4. The Bertz CT molecular complexity index is 990. The Labute approximate surface area is 153 Å². The largest absolute Gasteiger partial charge is 0.506 e. The monoisotopic (exact) mass is 369 g/mol. The molecule has 3 aromatic carbocycles. The maximum absolute atomic E-state index is 12.5. The third-order valence-corrected chi connectivity index (χ3v) is 4.10. The van der Waals surface area contributed by atoms with Crippen molar-refractivity contribution in [1.29, 1.82) is 0 Å². The summed E-state index contributed by atoms with van der Waals surface area (Å²) < 4.78 is 0. The Kier molecular flexibility index (Phi) is 4.86. The summed E-state index contributed by atoms with van der Waals surface area (Å²) >= 11 is 6.02. The summed E-state index contributed by atoms with van der Waals surface area (Å²) in [5.41, 5.74) is 1.57. The summed E-state index contributed by atoms with van der Waals surface area (Å²) in [5, 5.41) is 22.0. The summed E-state index contributed by atoms with van der Waals surface area (Å²) in [4.78, 5) is 23.1. The molecule has 0 spiro atoms. The zero-order chi connectivity index (χ0) is 18.7. The summed E-state index contributed by atoms with van der Waals surface area (Å²) in [6, 6.07) is 18.0. The fourth-order valence-corrected chi connectivity index (χ4v) is 2.71. The standard InChI is InChI=1S/C19H13ClN2O4/c20-16-11-13(22(25)26)9-10-17(16)21-19(24)15-8-4-7-14(18(15)23)12-5-2-1-3-6-12/h1-11H,(H2-,21,23,24,25,26)/p+1. The molecule has 3 aromatic rings. The number of nitrogens with one attached hydrogen (secondary N) is 1. The molecule has 7 heteroatoms. The van der Waals surface area contributed by atoms with Crippen molar-refractivity contribution in [2.75, 3.05) is 5.32 Å². The normalized spacial score (nSPS) is 10.3. The van der Waals surface area contributed by atoms with Crippen molar-refractivity contribution >= 4 is 28.9 Å². The predicted octanol–water partition coefficient (Wildman–Crippen LogP) is 4.76. The van der Waals surface area contributed by atoms with Gasteiger partial charge in [-0.15, -0.1) is 0 Å². The second-order valence-electron chi connectivity index (χ2n) is 5.46. The predicted molar refractivity (Wildman–Crippen MR) is 98.0 cm³/mol. The molecule has 3 N–H and O–H groups in total. The molecule has 0 aliphatic rings. The van der Waals surface area contributed by atoms with Crippen molar-refractivity contribution in [2.24, 2.45) is 0 Å². The first-order valence-corrected chi connectivity index (χ1v) is 7.99. The van der Waals surface area contributed by atoms with Gasteiger partial charge >= 0.3 is 5.69 Å². The second-order valence-corrected chi connectivity index (χ2v) is 5.87. The van der Waals surface area contributed by atoms with E-state index in [1.165, 1.54) is 24.3 Å². The number of anilines is 1. The number of aromatic hydroxyl groups is 1. The Morgan fingerprint density at radius 1 is 1.00 bits per heavy atom. The smallest absolute Gasteiger partial charge is 0.318 e. The minimum absolute atomic E-state index is 0.0677. The van der Waals surface area contributed by atoms with Crippen LogP contribution in [0.15, 0.2) is 66.7 Å². The number of para-hydroxylation sites is 1. The molecule has 6 nitrogen and oxygen atoms in total. The van der Waals surface area contributed by atoms with E-state index < -0.39 is 5.91 Å². The number of nitrogens with zero attached hydrogens (tertiary/aromatic N) is 1. The van der Waals surface area contributed by atoms with E-state index in [0.29, 0.717) is 5.56 Å². The molecule has 0 saturated heterocycles. The van der Waals surface area contributed by atoms with Crippen LogP contribution in [0, 0.1) is 4.91 Å². The fourth-order valence-electron chi connectivity index (χ4n) is 2.49. The van der Waals surface area contributed by atoms with Crippen molar-refractivity contribution in [3.8, 4) is 16.9 Å². The molecule has 0 bridgehead atoms. The highest BCUT2D eigenvalue weighted by Gasteiger charge is 2.18. The highest BCUT2D eigenvalue weighted by molar-refractivity contribution is 6.34. The Balaban J connectivity index is 1.91. The van der Waals surface area contributed by atoms with Crippen LogP contribution in [0.1, 0.15) is 10.4 Å². The molecule has 0 heterocycles. The number of carbonyl (C=O) groups is 1. The lowest BCUT2D eigenvalue weighted by atomic mass is 10.0. The molecule has 0 radical (unpaired) electrons. The molecule has 3 rings (SSSR count). The van der Waals surface area contributed by atoms with Gasteiger partial charge < -0.3 is 10.4 Å². The minimum Gasteiger partial charge on any atom is -0.506 e. The first-order valence-electron chi connectivity index (χ1n) is 7.62. The van der Waals surface area contributed by atoms with E-state index in [1.807, 2.05) is 30.3 Å². The van der Waals surface area contributed by atoms with Crippen molar-refractivity contribution in [1.82, 2.24) is 0 Å². The van der Waals surface area contributed by atoms with Crippen molar-refractivity contribution in [3.63, 3.8) is 0 Å². The topological polar surface area (TPSA) is 89.6 Å². The lowest BCUT2D eigenvalue weighted by molar-refractivity contribution is -0.729. The van der Waals surface area contributed by atoms with Gasteiger partial charge in [0.25, 0.3) is 10.8 Å². The van der Waals surface area contributed by atoms with Crippen LogP contribution in [0.25, 0.3) is 11.1 Å². The van der Waals surface area contributed by atoms with Crippen molar-refractivity contribution in [2.45, 2.75) is 0 Å². The number of amides is 1. The zero-order valence-electron chi connectivity index (χ0n) is 13.4.